The highest BCUT2D eigenvalue weighted by atomic mass is 128. The van der Waals surface area contributed by atoms with Gasteiger partial charge < -0.3 is 34.5 Å². The van der Waals surface area contributed by atoms with E-state index in [1.165, 1.54) is 12.1 Å². The number of hydrogen-bond acceptors (Lipinski definition) is 10. The number of amides is 2. The monoisotopic (exact) mass is 1450 g/mol. The van der Waals surface area contributed by atoms with Crippen LogP contribution in [0.15, 0.2) is 155 Å². The average molecular weight is 1450 g/mol. The summed E-state index contributed by atoms with van der Waals surface area (Å²) in [5.74, 6) is 1.10. The Morgan fingerprint density at radius 2 is 0.959 bits per heavy atom. The van der Waals surface area contributed by atoms with Gasteiger partial charge in [-0.2, -0.15) is 10.2 Å². The van der Waals surface area contributed by atoms with Gasteiger partial charge in [-0.3, -0.25) is 23.7 Å². The number of pyridine rings is 2. The summed E-state index contributed by atoms with van der Waals surface area (Å²) in [5.41, 5.74) is 4.74. The molecule has 0 fully saturated rings. The van der Waals surface area contributed by atoms with E-state index in [9.17, 15) is 29.4 Å². The number of carbonyl (C=O) groups excluding carboxylic acids is 2. The number of benzene rings is 4. The van der Waals surface area contributed by atoms with Crippen molar-refractivity contribution in [2.45, 2.75) is 51.7 Å². The molecule has 0 saturated heterocycles. The number of nitrogens with zero attached hydrogens (tertiary/aromatic N) is 7. The molecule has 4 aromatic heterocycles. The summed E-state index contributed by atoms with van der Waals surface area (Å²) in [7, 11) is 3.21. The molecule has 20 heteroatoms. The highest BCUT2D eigenvalue weighted by Crippen LogP contribution is 2.36. The van der Waals surface area contributed by atoms with E-state index in [-0.39, 0.29) is 46.9 Å². The minimum Gasteiger partial charge on any atom is -0.497 e. The maximum atomic E-state index is 13.8. The standard InChI is InChI=1S/C27H26N4O4.C22H22IN3O3.C5H5NO.I2.HI/c1-27(2,34)25-22-15-17-30(19-9-7-18(8-10-19)29-16-5-4-6-23(29)32)26(33)24(22)31(28-25)20-11-13-21(35-3)14-12-20;1-22(2,28)20-18-12-13-25(15-6-4-14(23)5-7-15)21(27)19(18)26(24-20)16-8-10-17(29-3)11-9-16;7-5-3-1-2-4-6-5;1-2;/h4-14,16,34H,15,17H2,1-3H3;4-11,28H,12-13H2,1-3H3;1-4H,(H,6,7);;1H. The number of fused-ring (bicyclic) bond motifs is 2. The van der Waals surface area contributed by atoms with Crippen LogP contribution in [0.4, 0.5) is 11.4 Å². The minimum absolute atomic E-state index is 0. The number of ether oxygens (including phenoxy) is 2. The van der Waals surface area contributed by atoms with Crippen molar-refractivity contribution in [1.82, 2.24) is 29.1 Å². The largest absolute Gasteiger partial charge is 0.497 e. The number of halogens is 4. The van der Waals surface area contributed by atoms with Crippen LogP contribution in [0.1, 0.15) is 71.2 Å². The van der Waals surface area contributed by atoms with Gasteiger partial charge in [-0.25, -0.2) is 9.36 Å². The van der Waals surface area contributed by atoms with Crippen LogP contribution in [-0.2, 0) is 24.0 Å². The van der Waals surface area contributed by atoms with Crippen molar-refractivity contribution in [2.75, 3.05) is 37.1 Å². The number of aromatic nitrogens is 6. The molecule has 386 valence electrons. The van der Waals surface area contributed by atoms with Gasteiger partial charge in [0.05, 0.1) is 37.0 Å². The first-order chi connectivity index (χ1) is 35.0. The highest BCUT2D eigenvalue weighted by molar-refractivity contribution is 15.0. The smallest absolute Gasteiger partial charge is 0.277 e. The van der Waals surface area contributed by atoms with Gasteiger partial charge in [-0.1, -0.05) is 12.1 Å². The van der Waals surface area contributed by atoms with E-state index in [2.05, 4.69) is 75.0 Å². The molecule has 0 spiro atoms. The Kier molecular flexibility index (Phi) is 19.9. The lowest BCUT2D eigenvalue weighted by molar-refractivity contribution is 0.0718. The van der Waals surface area contributed by atoms with Crippen molar-refractivity contribution in [3.05, 3.63) is 204 Å². The molecule has 2 amide bonds. The number of nitrogens with one attached hydrogen (secondary N) is 1. The van der Waals surface area contributed by atoms with E-state index in [1.54, 1.807) is 102 Å². The van der Waals surface area contributed by atoms with E-state index >= 15 is 0 Å². The SMILES string of the molecule is COc1ccc(-n2nc(C(C)(C)O)c3c2C(=O)N(c2ccc(-n4ccccc4=O)cc2)CC3)cc1.COc1ccc(-n2nc(C(C)(C)O)c3c2C(=O)N(c2ccc(I)cc2)CC3)cc1.I.II.O=c1cccc[nH]1. The predicted octanol–water partition coefficient (Wildman–Crippen LogP) is 10.1. The molecule has 0 aliphatic carbocycles. The van der Waals surface area contributed by atoms with Gasteiger partial charge in [0.15, 0.2) is 0 Å². The average Bonchev–Trinajstić information content (AvgIpc) is 4.01. The topological polar surface area (TPSA) is 190 Å². The molecule has 0 atom stereocenters. The Morgan fingerprint density at radius 3 is 1.32 bits per heavy atom. The van der Waals surface area contributed by atoms with Gasteiger partial charge in [0.1, 0.15) is 34.1 Å². The van der Waals surface area contributed by atoms with Crippen LogP contribution in [0, 0.1) is 3.57 Å². The lowest BCUT2D eigenvalue weighted by Gasteiger charge is -2.28. The third-order valence-electron chi connectivity index (χ3n) is 11.9. The first-order valence-corrected chi connectivity index (χ1v) is 30.3. The molecule has 10 rings (SSSR count). The molecule has 0 bridgehead atoms. The molecule has 8 aromatic rings. The summed E-state index contributed by atoms with van der Waals surface area (Å²) in [6.07, 6.45) is 4.49. The maximum Gasteiger partial charge on any atom is 0.277 e. The fourth-order valence-electron chi connectivity index (χ4n) is 8.45. The van der Waals surface area contributed by atoms with Crippen LogP contribution >= 0.6 is 83.8 Å². The second-order valence-electron chi connectivity index (χ2n) is 17.7. The number of aromatic amines is 1. The summed E-state index contributed by atoms with van der Waals surface area (Å²) in [6.45, 7) is 7.75. The summed E-state index contributed by atoms with van der Waals surface area (Å²) >= 11 is 6.49. The van der Waals surface area contributed by atoms with Crippen molar-refractivity contribution in [1.29, 1.82) is 0 Å². The Hall–Kier alpha value is -5.42. The van der Waals surface area contributed by atoms with Gasteiger partial charge in [-0.05, 0) is 172 Å². The van der Waals surface area contributed by atoms with Crippen molar-refractivity contribution in [3.63, 3.8) is 0 Å². The van der Waals surface area contributed by atoms with Gasteiger partial charge in [0.2, 0.25) is 5.56 Å². The second kappa shape index (κ2) is 25.4. The van der Waals surface area contributed by atoms with Crippen LogP contribution in [0.25, 0.3) is 17.1 Å². The molecule has 0 saturated carbocycles. The fourth-order valence-corrected chi connectivity index (χ4v) is 8.81. The molecule has 2 aliphatic heterocycles. The number of aliphatic hydroxyl groups is 2. The van der Waals surface area contributed by atoms with Crippen molar-refractivity contribution >= 4 is 107 Å². The number of anilines is 2. The quantitative estimate of drug-likeness (QED) is 0.117. The van der Waals surface area contributed by atoms with E-state index in [4.69, 9.17) is 9.47 Å². The highest BCUT2D eigenvalue weighted by Gasteiger charge is 2.38. The van der Waals surface area contributed by atoms with Crippen LogP contribution < -0.4 is 30.4 Å². The number of hydrogen-bond donors (Lipinski definition) is 3. The Balaban J connectivity index is 0.000000206. The molecular weight excluding hydrogens is 1400 g/mol. The van der Waals surface area contributed by atoms with Gasteiger partial charge in [0, 0.05) is 107 Å². The number of carbonyl (C=O) groups is 2. The van der Waals surface area contributed by atoms with Crippen LogP contribution in [0.3, 0.4) is 0 Å². The van der Waals surface area contributed by atoms with Crippen molar-refractivity contribution < 1.29 is 29.3 Å². The van der Waals surface area contributed by atoms with Gasteiger partial charge in [0.25, 0.3) is 17.4 Å². The van der Waals surface area contributed by atoms with Crippen LogP contribution in [0.2, 0.25) is 0 Å². The number of methoxy groups -OCH3 is 2. The Bertz CT molecular complexity index is 3290. The molecular formula is C54H54I4N8O8. The van der Waals surface area contributed by atoms with Crippen molar-refractivity contribution in [3.8, 4) is 28.6 Å². The third-order valence-corrected chi connectivity index (χ3v) is 12.6. The third kappa shape index (κ3) is 13.1. The summed E-state index contributed by atoms with van der Waals surface area (Å²) in [5, 5.41) is 30.8. The van der Waals surface area contributed by atoms with Crippen LogP contribution in [0.5, 0.6) is 11.5 Å². The normalized spacial score (nSPS) is 12.9. The zero-order valence-electron chi connectivity index (χ0n) is 41.2. The molecule has 0 radical (unpaired) electrons. The first-order valence-electron chi connectivity index (χ1n) is 22.9. The molecule has 16 nitrogen and oxygen atoms in total. The van der Waals surface area contributed by atoms with Gasteiger partial charge in [-0.15, -0.1) is 24.0 Å². The zero-order valence-corrected chi connectivity index (χ0v) is 50.0. The number of H-pyrrole nitrogens is 1. The lowest BCUT2D eigenvalue weighted by atomic mass is 9.94. The summed E-state index contributed by atoms with van der Waals surface area (Å²) < 4.78 is 16.4. The van der Waals surface area contributed by atoms with Crippen LogP contribution in [-0.4, -0.2) is 78.4 Å². The summed E-state index contributed by atoms with van der Waals surface area (Å²) in [6, 6.07) is 39.8. The maximum absolute atomic E-state index is 13.8. The predicted molar refractivity (Wildman–Crippen MR) is 323 cm³/mol. The Morgan fingerprint density at radius 1 is 0.554 bits per heavy atom. The Labute approximate surface area is 482 Å². The van der Waals surface area contributed by atoms with E-state index in [0.717, 1.165) is 43.2 Å². The van der Waals surface area contributed by atoms with Crippen molar-refractivity contribution in [2.24, 2.45) is 0 Å². The fraction of sp³-hybridized carbons (Fsp3) is 0.222. The van der Waals surface area contributed by atoms with E-state index < -0.39 is 11.2 Å². The second-order valence-corrected chi connectivity index (χ2v) is 19.0. The van der Waals surface area contributed by atoms with Gasteiger partial charge >= 0.3 is 0 Å². The summed E-state index contributed by atoms with van der Waals surface area (Å²) in [4.78, 5) is 55.6. The lowest BCUT2D eigenvalue weighted by Crippen LogP contribution is -2.39. The molecule has 0 unspecified atom stereocenters. The molecule has 4 aromatic carbocycles. The minimum atomic E-state index is -1.20. The number of rotatable bonds is 9. The molecule has 3 N–H and O–H groups in total. The molecule has 2 aliphatic rings. The molecule has 6 heterocycles. The van der Waals surface area contributed by atoms with E-state index in [0.29, 0.717) is 60.1 Å². The van der Waals surface area contributed by atoms with E-state index in [1.807, 2.05) is 97.1 Å². The molecule has 74 heavy (non-hydrogen) atoms. The zero-order chi connectivity index (χ0) is 52.6. The first kappa shape index (κ1) is 57.9.